The van der Waals surface area contributed by atoms with Crippen molar-refractivity contribution in [1.29, 1.82) is 0 Å². The van der Waals surface area contributed by atoms with Gasteiger partial charge in [0, 0.05) is 11.3 Å². The van der Waals surface area contributed by atoms with Gasteiger partial charge in [0.15, 0.2) is 0 Å². The fraction of sp³-hybridized carbons (Fsp3) is 0.412. The van der Waals surface area contributed by atoms with E-state index in [-0.39, 0.29) is 11.3 Å². The molecule has 0 aromatic heterocycles. The number of rotatable bonds is 1. The van der Waals surface area contributed by atoms with E-state index >= 15 is 0 Å². The Morgan fingerprint density at radius 3 is 2.17 bits per heavy atom. The van der Waals surface area contributed by atoms with E-state index in [1.54, 1.807) is 0 Å². The van der Waals surface area contributed by atoms with Crippen molar-refractivity contribution < 1.29 is 10.2 Å². The molecule has 0 amide bonds. The lowest BCUT2D eigenvalue weighted by atomic mass is 9.54. The van der Waals surface area contributed by atoms with Crippen LogP contribution in [0.5, 0.6) is 5.75 Å². The van der Waals surface area contributed by atoms with Crippen LogP contribution in [0.2, 0.25) is 5.82 Å². The van der Waals surface area contributed by atoms with Crippen LogP contribution in [0.3, 0.4) is 0 Å². The molecule has 0 aliphatic heterocycles. The molecule has 0 radical (unpaired) electrons. The van der Waals surface area contributed by atoms with E-state index in [0.717, 1.165) is 28.5 Å². The van der Waals surface area contributed by atoms with Gasteiger partial charge in [-0.2, -0.15) is 0 Å². The summed E-state index contributed by atoms with van der Waals surface area (Å²) in [5.41, 5.74) is 8.98. The monoisotopic (exact) mass is 316 g/mol. The van der Waals surface area contributed by atoms with Gasteiger partial charge in [-0.3, -0.25) is 0 Å². The second-order valence-electron chi connectivity index (χ2n) is 8.18. The summed E-state index contributed by atoms with van der Waals surface area (Å²) in [6, 6.07) is 0. The standard InChI is InChI=1S/C17H25B5O2/c1-4-5-10(18)8-6(12(20)15(5)23)7-9(17(8,2)3)16(24)14(22)13(21)11(7)19/h7,11,23-24H,4,18-22H2,1-3H3. The molecule has 2 nitrogen and oxygen atoms in total. The Morgan fingerprint density at radius 2 is 1.62 bits per heavy atom. The summed E-state index contributed by atoms with van der Waals surface area (Å²) in [6.07, 6.45) is 0.823. The van der Waals surface area contributed by atoms with Gasteiger partial charge >= 0.3 is 0 Å². The van der Waals surface area contributed by atoms with Gasteiger partial charge in [-0.1, -0.05) is 31.7 Å². The van der Waals surface area contributed by atoms with E-state index in [1.807, 2.05) is 15.7 Å². The third kappa shape index (κ3) is 1.90. The highest BCUT2D eigenvalue weighted by atomic mass is 16.3. The number of phenols is 1. The fourth-order valence-corrected chi connectivity index (χ4v) is 5.29. The smallest absolute Gasteiger partial charge is 0.144 e. The van der Waals surface area contributed by atoms with E-state index in [1.165, 1.54) is 22.1 Å². The van der Waals surface area contributed by atoms with Crippen LogP contribution < -0.4 is 10.9 Å². The number of hydrogen-bond donors (Lipinski definition) is 2. The molecular weight excluding hydrogens is 290 g/mol. The predicted molar refractivity (Wildman–Crippen MR) is 116 cm³/mol. The Kier molecular flexibility index (Phi) is 3.86. The molecule has 3 rings (SSSR count). The average molecular weight is 315 g/mol. The number of aliphatic hydroxyl groups is 1. The first-order valence-electron chi connectivity index (χ1n) is 9.03. The van der Waals surface area contributed by atoms with E-state index in [9.17, 15) is 10.2 Å². The van der Waals surface area contributed by atoms with Crippen molar-refractivity contribution in [3.05, 3.63) is 39.0 Å². The molecule has 0 saturated carbocycles. The summed E-state index contributed by atoms with van der Waals surface area (Å²) in [5, 5.41) is 21.8. The lowest BCUT2D eigenvalue weighted by molar-refractivity contribution is 0.396. The normalized spacial score (nSPS) is 25.0. The zero-order valence-corrected chi connectivity index (χ0v) is 16.3. The molecule has 120 valence electrons. The zero-order valence-electron chi connectivity index (χ0n) is 16.3. The van der Waals surface area contributed by atoms with Crippen LogP contribution >= 0.6 is 0 Å². The Hall–Kier alpha value is -1.38. The first-order valence-corrected chi connectivity index (χ1v) is 9.03. The summed E-state index contributed by atoms with van der Waals surface area (Å²) in [5.74, 6) is 1.41. The Morgan fingerprint density at radius 1 is 1.04 bits per heavy atom. The van der Waals surface area contributed by atoms with Gasteiger partial charge in [0.25, 0.3) is 0 Å². The van der Waals surface area contributed by atoms with Crippen LogP contribution in [-0.2, 0) is 11.8 Å². The van der Waals surface area contributed by atoms with Gasteiger partial charge in [0.05, 0.1) is 0 Å². The topological polar surface area (TPSA) is 40.5 Å². The first-order chi connectivity index (χ1) is 11.1. The minimum atomic E-state index is -0.216. The number of fused-ring (bicyclic) bond motifs is 3. The summed E-state index contributed by atoms with van der Waals surface area (Å²) < 4.78 is 0. The van der Waals surface area contributed by atoms with Crippen LogP contribution in [0, 0.1) is 0 Å². The van der Waals surface area contributed by atoms with Crippen molar-refractivity contribution in [2.75, 3.05) is 0 Å². The van der Waals surface area contributed by atoms with Gasteiger partial charge in [-0.15, -0.1) is 5.47 Å². The van der Waals surface area contributed by atoms with E-state index in [0.29, 0.717) is 17.3 Å². The van der Waals surface area contributed by atoms with Crippen molar-refractivity contribution in [2.45, 2.75) is 44.3 Å². The van der Waals surface area contributed by atoms with Gasteiger partial charge in [0.2, 0.25) is 0 Å². The highest BCUT2D eigenvalue weighted by molar-refractivity contribution is 6.41. The van der Waals surface area contributed by atoms with Crippen molar-refractivity contribution in [3.63, 3.8) is 0 Å². The summed E-state index contributed by atoms with van der Waals surface area (Å²) in [6.45, 7) is 6.54. The Bertz CT molecular complexity index is 823. The Labute approximate surface area is 149 Å². The molecule has 0 saturated heterocycles. The maximum atomic E-state index is 11.0. The quantitative estimate of drug-likeness (QED) is 0.566. The molecule has 24 heavy (non-hydrogen) atoms. The number of allylic oxidation sites excluding steroid dienone is 3. The fourth-order valence-electron chi connectivity index (χ4n) is 5.29. The highest BCUT2D eigenvalue weighted by Gasteiger charge is 2.50. The van der Waals surface area contributed by atoms with E-state index in [4.69, 9.17) is 0 Å². The third-order valence-corrected chi connectivity index (χ3v) is 6.80. The first kappa shape index (κ1) is 17.4. The number of benzene rings is 1. The molecule has 2 unspecified atom stereocenters. The lowest BCUT2D eigenvalue weighted by Gasteiger charge is -2.35. The van der Waals surface area contributed by atoms with Crippen LogP contribution in [0.15, 0.2) is 22.3 Å². The second-order valence-corrected chi connectivity index (χ2v) is 8.18. The molecule has 2 N–H and O–H groups in total. The van der Waals surface area contributed by atoms with E-state index in [2.05, 4.69) is 44.3 Å². The minimum Gasteiger partial charge on any atom is -0.509 e. The average Bonchev–Trinajstić information content (AvgIpc) is 2.77. The van der Waals surface area contributed by atoms with Crippen molar-refractivity contribution >= 4 is 50.2 Å². The van der Waals surface area contributed by atoms with Gasteiger partial charge in [0.1, 0.15) is 50.7 Å². The number of phenolic OH excluding ortho intramolecular Hbond substituents is 1. The van der Waals surface area contributed by atoms with Crippen molar-refractivity contribution in [2.24, 2.45) is 0 Å². The summed E-state index contributed by atoms with van der Waals surface area (Å²) >= 11 is 0. The molecule has 0 heterocycles. The van der Waals surface area contributed by atoms with Crippen molar-refractivity contribution in [1.82, 2.24) is 0 Å². The maximum absolute atomic E-state index is 11.0. The van der Waals surface area contributed by atoms with Gasteiger partial charge in [-0.25, -0.2) is 0 Å². The van der Waals surface area contributed by atoms with Gasteiger partial charge < -0.3 is 10.2 Å². The zero-order chi connectivity index (χ0) is 18.1. The molecule has 2 atom stereocenters. The molecule has 2 aliphatic rings. The lowest BCUT2D eigenvalue weighted by Crippen LogP contribution is -2.31. The Balaban J connectivity index is 2.47. The third-order valence-electron chi connectivity index (χ3n) is 6.80. The van der Waals surface area contributed by atoms with Crippen LogP contribution in [0.25, 0.3) is 0 Å². The number of hydrogen-bond acceptors (Lipinski definition) is 2. The largest absolute Gasteiger partial charge is 0.509 e. The summed E-state index contributed by atoms with van der Waals surface area (Å²) in [4.78, 5) is 0. The molecule has 0 spiro atoms. The molecule has 0 bridgehead atoms. The van der Waals surface area contributed by atoms with Crippen molar-refractivity contribution in [3.8, 4) is 5.75 Å². The van der Waals surface area contributed by atoms with E-state index < -0.39 is 0 Å². The van der Waals surface area contributed by atoms with Crippen LogP contribution in [0.4, 0.5) is 0 Å². The predicted octanol–water partition coefficient (Wildman–Crippen LogP) is -2.43. The van der Waals surface area contributed by atoms with Crippen LogP contribution in [-0.4, -0.2) is 49.4 Å². The molecule has 7 heteroatoms. The molecule has 2 aliphatic carbocycles. The number of aliphatic hydroxyl groups excluding tert-OH is 1. The summed E-state index contributed by atoms with van der Waals surface area (Å²) in [7, 11) is 10.6. The molecule has 0 fully saturated rings. The minimum absolute atomic E-state index is 0.161. The SMILES string of the molecule is BC1=C(B)C(B)C2C(=C1O)C(C)(C)c1c(B)c(CC)c(O)c(B)c12. The number of aromatic hydroxyl groups is 1. The molecule has 1 aromatic carbocycles. The molecule has 1 aromatic rings. The maximum Gasteiger partial charge on any atom is 0.144 e. The molecular formula is C17H25B5O2. The highest BCUT2D eigenvalue weighted by Crippen LogP contribution is 2.58. The van der Waals surface area contributed by atoms with Gasteiger partial charge in [-0.05, 0) is 40.0 Å². The second kappa shape index (κ2) is 5.31. The van der Waals surface area contributed by atoms with Crippen LogP contribution in [0.1, 0.15) is 43.4 Å².